The molecule has 29 heavy (non-hydrogen) atoms. The summed E-state index contributed by atoms with van der Waals surface area (Å²) in [6, 6.07) is 5.68. The fourth-order valence-corrected chi connectivity index (χ4v) is 4.43. The number of furan rings is 1. The van der Waals surface area contributed by atoms with Gasteiger partial charge in [-0.3, -0.25) is 9.78 Å². The lowest BCUT2D eigenvalue weighted by molar-refractivity contribution is 0.102. The second kappa shape index (κ2) is 7.95. The quantitative estimate of drug-likeness (QED) is 0.663. The van der Waals surface area contributed by atoms with Crippen LogP contribution in [0.3, 0.4) is 0 Å². The number of nitrogens with two attached hydrogens (primary N) is 1. The van der Waals surface area contributed by atoms with E-state index in [1.165, 1.54) is 0 Å². The molecule has 3 aromatic heterocycles. The molecule has 3 heterocycles. The van der Waals surface area contributed by atoms with E-state index in [9.17, 15) is 4.79 Å². The summed E-state index contributed by atoms with van der Waals surface area (Å²) < 4.78 is 5.57. The van der Waals surface area contributed by atoms with Crippen LogP contribution in [0.5, 0.6) is 0 Å². The monoisotopic (exact) mass is 392 g/mol. The zero-order valence-electron chi connectivity index (χ0n) is 17.2. The highest BCUT2D eigenvalue weighted by molar-refractivity contribution is 6.04. The van der Waals surface area contributed by atoms with Gasteiger partial charge in [-0.15, -0.1) is 0 Å². The Morgan fingerprint density at radius 3 is 2.83 bits per heavy atom. The lowest BCUT2D eigenvalue weighted by atomic mass is 9.76. The van der Waals surface area contributed by atoms with E-state index in [2.05, 4.69) is 36.1 Å². The molecule has 1 aliphatic rings. The van der Waals surface area contributed by atoms with Crippen LogP contribution < -0.4 is 11.1 Å². The number of amides is 1. The van der Waals surface area contributed by atoms with Crippen LogP contribution in [0.4, 0.5) is 5.69 Å². The SMILES string of the molecule is CC(C)c1coc2ccc(C(=O)Nc3cnccc3[C@H]3C[C@@H](C)C[C@@H](N)C3)nc12. The van der Waals surface area contributed by atoms with Crippen LogP contribution in [0.15, 0.2) is 41.3 Å². The number of aromatic nitrogens is 2. The number of rotatable bonds is 4. The van der Waals surface area contributed by atoms with Crippen molar-refractivity contribution in [1.82, 2.24) is 9.97 Å². The van der Waals surface area contributed by atoms with Gasteiger partial charge in [0.2, 0.25) is 0 Å². The molecule has 3 N–H and O–H groups in total. The predicted octanol–water partition coefficient (Wildman–Crippen LogP) is 4.83. The fraction of sp³-hybridized carbons (Fsp3) is 0.435. The first-order chi connectivity index (χ1) is 13.9. The van der Waals surface area contributed by atoms with Crippen molar-refractivity contribution in [2.24, 2.45) is 11.7 Å². The molecule has 3 aromatic rings. The summed E-state index contributed by atoms with van der Waals surface area (Å²) in [6.07, 6.45) is 8.26. The fourth-order valence-electron chi connectivity index (χ4n) is 4.43. The summed E-state index contributed by atoms with van der Waals surface area (Å²) in [4.78, 5) is 21.8. The van der Waals surface area contributed by atoms with Gasteiger partial charge in [-0.1, -0.05) is 20.8 Å². The van der Waals surface area contributed by atoms with Gasteiger partial charge in [-0.05, 0) is 60.8 Å². The van der Waals surface area contributed by atoms with Gasteiger partial charge < -0.3 is 15.5 Å². The highest BCUT2D eigenvalue weighted by Gasteiger charge is 2.27. The van der Waals surface area contributed by atoms with E-state index in [1.807, 2.05) is 6.07 Å². The summed E-state index contributed by atoms with van der Waals surface area (Å²) in [5.41, 5.74) is 10.9. The second-order valence-corrected chi connectivity index (χ2v) is 8.58. The number of anilines is 1. The second-order valence-electron chi connectivity index (χ2n) is 8.58. The third-order valence-corrected chi connectivity index (χ3v) is 5.82. The minimum atomic E-state index is -0.245. The summed E-state index contributed by atoms with van der Waals surface area (Å²) in [5, 5.41) is 3.02. The first-order valence-corrected chi connectivity index (χ1v) is 10.3. The Labute approximate surface area is 170 Å². The largest absolute Gasteiger partial charge is 0.462 e. The number of pyridine rings is 2. The number of fused-ring (bicyclic) bond motifs is 1. The van der Waals surface area contributed by atoms with E-state index in [1.54, 1.807) is 30.8 Å². The van der Waals surface area contributed by atoms with Crippen molar-refractivity contribution in [3.05, 3.63) is 53.7 Å². The molecule has 1 fully saturated rings. The van der Waals surface area contributed by atoms with Gasteiger partial charge in [0.15, 0.2) is 5.58 Å². The van der Waals surface area contributed by atoms with Gasteiger partial charge in [0.1, 0.15) is 11.2 Å². The highest BCUT2D eigenvalue weighted by Crippen LogP contribution is 2.38. The minimum absolute atomic E-state index is 0.195. The molecule has 1 saturated carbocycles. The Kier molecular flexibility index (Phi) is 5.37. The maximum Gasteiger partial charge on any atom is 0.274 e. The third kappa shape index (κ3) is 4.03. The summed E-state index contributed by atoms with van der Waals surface area (Å²) in [6.45, 7) is 6.40. The molecule has 0 aromatic carbocycles. The average Bonchev–Trinajstić information content (AvgIpc) is 3.11. The molecule has 0 unspecified atom stereocenters. The number of hydrogen-bond donors (Lipinski definition) is 2. The number of carbonyl (C=O) groups is 1. The molecular formula is C23H28N4O2. The van der Waals surface area contributed by atoms with Crippen LogP contribution in [0.2, 0.25) is 0 Å². The molecule has 0 saturated heterocycles. The van der Waals surface area contributed by atoms with Gasteiger partial charge in [0.05, 0.1) is 18.1 Å². The molecule has 1 amide bonds. The van der Waals surface area contributed by atoms with E-state index < -0.39 is 0 Å². The van der Waals surface area contributed by atoms with Crippen LogP contribution in [0, 0.1) is 5.92 Å². The third-order valence-electron chi connectivity index (χ3n) is 5.82. The van der Waals surface area contributed by atoms with Gasteiger partial charge in [0.25, 0.3) is 5.91 Å². The van der Waals surface area contributed by atoms with Crippen molar-refractivity contribution in [3.63, 3.8) is 0 Å². The normalized spacial score (nSPS) is 22.2. The smallest absolute Gasteiger partial charge is 0.274 e. The van der Waals surface area contributed by atoms with Crippen molar-refractivity contribution >= 4 is 22.7 Å². The van der Waals surface area contributed by atoms with Gasteiger partial charge >= 0.3 is 0 Å². The van der Waals surface area contributed by atoms with Crippen molar-refractivity contribution in [2.45, 2.75) is 57.9 Å². The molecule has 4 rings (SSSR count). The van der Waals surface area contributed by atoms with E-state index in [-0.39, 0.29) is 17.9 Å². The molecule has 3 atom stereocenters. The number of nitrogens with zero attached hydrogens (tertiary/aromatic N) is 2. The van der Waals surface area contributed by atoms with Crippen LogP contribution in [-0.4, -0.2) is 21.9 Å². The summed E-state index contributed by atoms with van der Waals surface area (Å²) >= 11 is 0. The lowest BCUT2D eigenvalue weighted by Gasteiger charge is -2.32. The standard InChI is InChI=1S/C23H28N4O2/c1-13(2)18-12-29-21-5-4-19(26-22(18)21)23(28)27-20-11-25-7-6-17(20)15-8-14(3)9-16(24)10-15/h4-7,11-16H,8-10,24H2,1-3H3,(H,27,28)/t14-,15+,16-/m1/s1. The van der Waals surface area contributed by atoms with E-state index in [0.717, 1.165) is 41.6 Å². The molecule has 0 radical (unpaired) electrons. The highest BCUT2D eigenvalue weighted by atomic mass is 16.3. The zero-order valence-corrected chi connectivity index (χ0v) is 17.2. The van der Waals surface area contributed by atoms with Crippen LogP contribution in [0.1, 0.15) is 73.5 Å². The summed E-state index contributed by atoms with van der Waals surface area (Å²) in [5.74, 6) is 0.915. The Balaban J connectivity index is 1.61. The number of carbonyl (C=O) groups excluding carboxylic acids is 1. The van der Waals surface area contributed by atoms with E-state index in [0.29, 0.717) is 23.1 Å². The molecule has 0 spiro atoms. The molecular weight excluding hydrogens is 364 g/mol. The molecule has 6 heteroatoms. The van der Waals surface area contributed by atoms with Crippen molar-refractivity contribution in [3.8, 4) is 0 Å². The molecule has 0 bridgehead atoms. The van der Waals surface area contributed by atoms with Crippen molar-refractivity contribution in [2.75, 3.05) is 5.32 Å². The minimum Gasteiger partial charge on any atom is -0.462 e. The first-order valence-electron chi connectivity index (χ1n) is 10.3. The molecule has 1 aliphatic carbocycles. The van der Waals surface area contributed by atoms with Crippen LogP contribution in [0.25, 0.3) is 11.1 Å². The summed E-state index contributed by atoms with van der Waals surface area (Å²) in [7, 11) is 0. The topological polar surface area (TPSA) is 94.0 Å². The van der Waals surface area contributed by atoms with Gasteiger partial charge in [-0.2, -0.15) is 0 Å². The maximum atomic E-state index is 13.0. The Bertz CT molecular complexity index is 1020. The maximum absolute atomic E-state index is 13.0. The predicted molar refractivity (Wildman–Crippen MR) is 114 cm³/mol. The Hall–Kier alpha value is -2.73. The van der Waals surface area contributed by atoms with Crippen molar-refractivity contribution in [1.29, 1.82) is 0 Å². The number of nitrogens with one attached hydrogen (secondary N) is 1. The van der Waals surface area contributed by atoms with Crippen molar-refractivity contribution < 1.29 is 9.21 Å². The molecule has 0 aliphatic heterocycles. The Morgan fingerprint density at radius 2 is 2.07 bits per heavy atom. The van der Waals surface area contributed by atoms with E-state index >= 15 is 0 Å². The Morgan fingerprint density at radius 1 is 1.24 bits per heavy atom. The number of hydrogen-bond acceptors (Lipinski definition) is 5. The van der Waals surface area contributed by atoms with Crippen LogP contribution in [-0.2, 0) is 0 Å². The van der Waals surface area contributed by atoms with Gasteiger partial charge in [0, 0.05) is 17.8 Å². The zero-order chi connectivity index (χ0) is 20.5. The molecule has 152 valence electrons. The first kappa shape index (κ1) is 19.6. The molecule has 6 nitrogen and oxygen atoms in total. The van der Waals surface area contributed by atoms with Crippen LogP contribution >= 0.6 is 0 Å². The van der Waals surface area contributed by atoms with E-state index in [4.69, 9.17) is 10.2 Å². The van der Waals surface area contributed by atoms with Gasteiger partial charge in [-0.25, -0.2) is 4.98 Å². The average molecular weight is 393 g/mol. The lowest BCUT2D eigenvalue weighted by Crippen LogP contribution is -2.31.